The number of unbranched alkanes of at least 4 members (excludes halogenated alkanes) is 8. The van der Waals surface area contributed by atoms with Crippen LogP contribution in [0, 0.1) is 17.6 Å². The molecule has 0 unspecified atom stereocenters. The lowest BCUT2D eigenvalue weighted by Gasteiger charge is -2.30. The zero-order valence-electron chi connectivity index (χ0n) is 22.8. The molecular weight excluding hydrogens is 510 g/mol. The third-order valence-electron chi connectivity index (χ3n) is 6.42. The van der Waals surface area contributed by atoms with E-state index in [0.29, 0.717) is 33.0 Å². The average molecular weight is 553 g/mol. The van der Waals surface area contributed by atoms with Crippen LogP contribution in [0.1, 0.15) is 82.5 Å². The summed E-state index contributed by atoms with van der Waals surface area (Å²) < 4.78 is 56.1. The normalized spacial score (nSPS) is 16.9. The Morgan fingerprint density at radius 3 is 1.85 bits per heavy atom. The fourth-order valence-electron chi connectivity index (χ4n) is 4.17. The third-order valence-corrected chi connectivity index (χ3v) is 6.42. The van der Waals surface area contributed by atoms with Gasteiger partial charge in [-0.3, -0.25) is 0 Å². The van der Waals surface area contributed by atoms with Gasteiger partial charge in [0, 0.05) is 23.6 Å². The molecule has 0 radical (unpaired) electrons. The van der Waals surface area contributed by atoms with Gasteiger partial charge >= 0.3 is 11.9 Å². The van der Waals surface area contributed by atoms with Crippen molar-refractivity contribution < 1.29 is 42.1 Å². The van der Waals surface area contributed by atoms with Crippen LogP contribution < -0.4 is 4.74 Å². The number of rotatable bonds is 20. The molecule has 1 aliphatic rings. The van der Waals surface area contributed by atoms with Crippen molar-refractivity contribution in [1.29, 1.82) is 0 Å². The Labute approximate surface area is 230 Å². The molecule has 39 heavy (non-hydrogen) atoms. The van der Waals surface area contributed by atoms with Gasteiger partial charge in [-0.25, -0.2) is 14.0 Å². The van der Waals surface area contributed by atoms with Gasteiger partial charge < -0.3 is 23.7 Å². The highest BCUT2D eigenvalue weighted by Crippen LogP contribution is 2.32. The highest BCUT2D eigenvalue weighted by atomic mass is 19.2. The summed E-state index contributed by atoms with van der Waals surface area (Å²) in [5.74, 6) is -2.77. The first kappa shape index (κ1) is 32.4. The minimum Gasteiger partial charge on any atom is -0.490 e. The zero-order valence-corrected chi connectivity index (χ0v) is 22.8. The Balaban J connectivity index is 1.58. The lowest BCUT2D eigenvalue weighted by molar-refractivity contribution is -0.207. The third kappa shape index (κ3) is 12.7. The zero-order chi connectivity index (χ0) is 28.3. The Morgan fingerprint density at radius 2 is 1.28 bits per heavy atom. The van der Waals surface area contributed by atoms with Gasteiger partial charge in [-0.1, -0.05) is 58.1 Å². The van der Waals surface area contributed by atoms with Crippen LogP contribution in [-0.4, -0.2) is 45.0 Å². The summed E-state index contributed by atoms with van der Waals surface area (Å²) in [5, 5.41) is 0. The number of hydrogen-bond donors (Lipinski definition) is 0. The van der Waals surface area contributed by atoms with Crippen LogP contribution in [-0.2, 0) is 28.5 Å². The summed E-state index contributed by atoms with van der Waals surface area (Å²) in [6.45, 7) is 8.62. The van der Waals surface area contributed by atoms with E-state index in [1.165, 1.54) is 12.1 Å². The van der Waals surface area contributed by atoms with Gasteiger partial charge in [-0.05, 0) is 37.8 Å². The topological polar surface area (TPSA) is 80.3 Å². The highest BCUT2D eigenvalue weighted by molar-refractivity contribution is 5.81. The van der Waals surface area contributed by atoms with Crippen molar-refractivity contribution in [3.8, 4) is 5.75 Å². The molecule has 0 N–H and O–H groups in total. The summed E-state index contributed by atoms with van der Waals surface area (Å²) in [6.07, 6.45) is 11.4. The van der Waals surface area contributed by atoms with Crippen molar-refractivity contribution in [2.45, 2.75) is 76.9 Å². The largest absolute Gasteiger partial charge is 0.490 e. The number of esters is 2. The van der Waals surface area contributed by atoms with Gasteiger partial charge in [0.05, 0.1) is 33.0 Å². The van der Waals surface area contributed by atoms with Crippen molar-refractivity contribution in [2.75, 3.05) is 33.0 Å². The van der Waals surface area contributed by atoms with E-state index in [1.54, 1.807) is 0 Å². The van der Waals surface area contributed by atoms with Crippen LogP contribution in [0.3, 0.4) is 0 Å². The number of benzene rings is 1. The van der Waals surface area contributed by atoms with E-state index >= 15 is 0 Å². The smallest absolute Gasteiger partial charge is 0.330 e. The van der Waals surface area contributed by atoms with Crippen molar-refractivity contribution in [3.63, 3.8) is 0 Å². The molecule has 0 spiro atoms. The summed E-state index contributed by atoms with van der Waals surface area (Å²) in [6, 6.07) is 2.88. The lowest BCUT2D eigenvalue weighted by atomic mass is 10.0. The first-order valence-electron chi connectivity index (χ1n) is 13.9. The van der Waals surface area contributed by atoms with E-state index in [-0.39, 0.29) is 17.2 Å². The molecule has 1 saturated heterocycles. The predicted octanol–water partition coefficient (Wildman–Crippen LogP) is 6.75. The van der Waals surface area contributed by atoms with E-state index in [4.69, 9.17) is 23.7 Å². The van der Waals surface area contributed by atoms with Gasteiger partial charge in [-0.15, -0.1) is 0 Å². The number of carbonyl (C=O) groups excluding carboxylic acids is 2. The van der Waals surface area contributed by atoms with E-state index in [0.717, 1.165) is 82.8 Å². The molecule has 2 rings (SSSR count). The second-order valence-corrected chi connectivity index (χ2v) is 9.56. The SMILES string of the molecule is C=CC(=O)OCCCCCCCCOc1ccc(C2OCC(CCCCCCOC(=O)C=C)CO2)c(F)c1F. The van der Waals surface area contributed by atoms with Crippen LogP contribution >= 0.6 is 0 Å². The van der Waals surface area contributed by atoms with Gasteiger partial charge in [-0.2, -0.15) is 4.39 Å². The van der Waals surface area contributed by atoms with Gasteiger partial charge in [0.1, 0.15) is 0 Å². The average Bonchev–Trinajstić information content (AvgIpc) is 2.95. The second kappa shape index (κ2) is 19.3. The molecule has 0 aliphatic carbocycles. The molecule has 7 nitrogen and oxygen atoms in total. The maximum absolute atomic E-state index is 14.7. The Kier molecular flexibility index (Phi) is 16.1. The molecule has 1 aromatic carbocycles. The summed E-state index contributed by atoms with van der Waals surface area (Å²) in [5.41, 5.74) is 0.0335. The summed E-state index contributed by atoms with van der Waals surface area (Å²) in [4.78, 5) is 21.9. The highest BCUT2D eigenvalue weighted by Gasteiger charge is 2.28. The fourth-order valence-corrected chi connectivity index (χ4v) is 4.17. The minimum absolute atomic E-state index is 0.0335. The summed E-state index contributed by atoms with van der Waals surface area (Å²) in [7, 11) is 0. The Bertz CT molecular complexity index is 898. The van der Waals surface area contributed by atoms with Crippen LogP contribution in [0.5, 0.6) is 5.75 Å². The maximum atomic E-state index is 14.7. The number of ether oxygens (including phenoxy) is 5. The van der Waals surface area contributed by atoms with E-state index < -0.39 is 29.9 Å². The van der Waals surface area contributed by atoms with Crippen molar-refractivity contribution in [3.05, 3.63) is 54.6 Å². The predicted molar refractivity (Wildman–Crippen MR) is 143 cm³/mol. The van der Waals surface area contributed by atoms with Crippen LogP contribution in [0.15, 0.2) is 37.4 Å². The standard InChI is InChI=1S/C30H42F2O7/c1-3-26(33)36-19-13-9-6-5-8-12-18-35-25-17-16-24(28(31)29(25)32)30-38-21-23(22-39-30)15-11-7-10-14-20-37-27(34)4-2/h3-4,16-17,23,30H,1-2,5-15,18-22H2. The Morgan fingerprint density at radius 1 is 0.769 bits per heavy atom. The van der Waals surface area contributed by atoms with Gasteiger partial charge in [0.25, 0.3) is 0 Å². The monoisotopic (exact) mass is 552 g/mol. The van der Waals surface area contributed by atoms with Crippen LogP contribution in [0.4, 0.5) is 8.78 Å². The molecule has 9 heteroatoms. The molecule has 0 aromatic heterocycles. The van der Waals surface area contributed by atoms with Crippen molar-refractivity contribution in [2.24, 2.45) is 5.92 Å². The molecule has 0 amide bonds. The minimum atomic E-state index is -1.03. The number of hydrogen-bond acceptors (Lipinski definition) is 7. The number of halogens is 2. The quantitative estimate of drug-likeness (QED) is 0.101. The Hall–Kier alpha value is -2.78. The second-order valence-electron chi connectivity index (χ2n) is 9.56. The van der Waals surface area contributed by atoms with Crippen molar-refractivity contribution >= 4 is 11.9 Å². The van der Waals surface area contributed by atoms with E-state index in [9.17, 15) is 18.4 Å². The first-order chi connectivity index (χ1) is 19.0. The summed E-state index contributed by atoms with van der Waals surface area (Å²) >= 11 is 0. The molecule has 0 bridgehead atoms. The van der Waals surface area contributed by atoms with E-state index in [1.807, 2.05) is 0 Å². The van der Waals surface area contributed by atoms with Crippen LogP contribution in [0.25, 0.3) is 0 Å². The van der Waals surface area contributed by atoms with Crippen LogP contribution in [0.2, 0.25) is 0 Å². The van der Waals surface area contributed by atoms with Crippen molar-refractivity contribution in [1.82, 2.24) is 0 Å². The van der Waals surface area contributed by atoms with E-state index in [2.05, 4.69) is 13.2 Å². The molecule has 1 aromatic rings. The molecule has 1 aliphatic heterocycles. The molecule has 0 saturated carbocycles. The number of carbonyl (C=O) groups is 2. The molecular formula is C30H42F2O7. The fraction of sp³-hybridized carbons (Fsp3) is 0.600. The first-order valence-corrected chi connectivity index (χ1v) is 13.9. The molecule has 1 fully saturated rings. The lowest BCUT2D eigenvalue weighted by Crippen LogP contribution is -2.27. The molecule has 1 heterocycles. The molecule has 0 atom stereocenters. The van der Waals surface area contributed by atoms with Gasteiger partial charge in [0.2, 0.25) is 5.82 Å². The molecule has 218 valence electrons. The maximum Gasteiger partial charge on any atom is 0.330 e. The van der Waals surface area contributed by atoms with Gasteiger partial charge in [0.15, 0.2) is 17.9 Å².